The van der Waals surface area contributed by atoms with Crippen molar-refractivity contribution in [3.63, 3.8) is 0 Å². The first-order valence-corrected chi connectivity index (χ1v) is 9.34. The summed E-state index contributed by atoms with van der Waals surface area (Å²) in [6, 6.07) is 12.4. The highest BCUT2D eigenvalue weighted by molar-refractivity contribution is 7.71. The van der Waals surface area contributed by atoms with Gasteiger partial charge in [-0.05, 0) is 48.1 Å². The Hall–Kier alpha value is -2.97. The van der Waals surface area contributed by atoms with Gasteiger partial charge in [0.25, 0.3) is 12.0 Å². The van der Waals surface area contributed by atoms with Gasteiger partial charge >= 0.3 is 0 Å². The van der Waals surface area contributed by atoms with Crippen LogP contribution in [0.1, 0.15) is 17.6 Å². The van der Waals surface area contributed by atoms with Gasteiger partial charge in [-0.1, -0.05) is 29.8 Å². The summed E-state index contributed by atoms with van der Waals surface area (Å²) in [5, 5.41) is 0.386. The lowest BCUT2D eigenvalue weighted by atomic mass is 10.2. The van der Waals surface area contributed by atoms with E-state index in [4.69, 9.17) is 23.8 Å². The Balaban J connectivity index is 1.85. The maximum absolute atomic E-state index is 13.1. The molecule has 0 atom stereocenters. The lowest BCUT2D eigenvalue weighted by Gasteiger charge is -2.16. The van der Waals surface area contributed by atoms with E-state index in [2.05, 4.69) is 9.97 Å². The van der Waals surface area contributed by atoms with Crippen LogP contribution in [0.4, 0.5) is 8.78 Å². The third-order valence-corrected chi connectivity index (χ3v) is 4.89. The van der Waals surface area contributed by atoms with Crippen LogP contribution in [0.2, 0.25) is 5.15 Å². The molecule has 0 radical (unpaired) electrons. The van der Waals surface area contributed by atoms with Crippen LogP contribution in [0.3, 0.4) is 0 Å². The molecule has 0 amide bonds. The quantitative estimate of drug-likeness (QED) is 0.341. The Bertz CT molecular complexity index is 1270. The predicted octanol–water partition coefficient (Wildman–Crippen LogP) is 4.90. The summed E-state index contributed by atoms with van der Waals surface area (Å²) in [5.74, 6) is 0.402. The minimum absolute atomic E-state index is 0.0110. The molecule has 0 spiro atoms. The topological polar surface area (TPSA) is 52.7 Å². The van der Waals surface area contributed by atoms with Crippen LogP contribution in [-0.2, 0) is 6.54 Å². The first-order chi connectivity index (χ1) is 13.9. The molecule has 0 fully saturated rings. The van der Waals surface area contributed by atoms with Gasteiger partial charge in [0.2, 0.25) is 4.77 Å². The van der Waals surface area contributed by atoms with E-state index in [1.54, 1.807) is 41.2 Å². The van der Waals surface area contributed by atoms with Crippen molar-refractivity contribution >= 4 is 23.8 Å². The van der Waals surface area contributed by atoms with E-state index in [-0.39, 0.29) is 16.0 Å². The number of benzene rings is 1. The molecule has 2 aliphatic heterocycles. The number of pyridine rings is 2. The molecule has 0 saturated carbocycles. The molecule has 1 aromatic carbocycles. The summed E-state index contributed by atoms with van der Waals surface area (Å²) in [6.45, 7) is 0.410. The van der Waals surface area contributed by atoms with E-state index >= 15 is 0 Å². The molecule has 0 bridgehead atoms. The molecule has 2 aliphatic rings. The van der Waals surface area contributed by atoms with Crippen molar-refractivity contribution < 1.29 is 8.78 Å². The molecule has 3 heterocycles. The summed E-state index contributed by atoms with van der Waals surface area (Å²) in [4.78, 5) is 21.6. The number of hydrogen-bond donors (Lipinski definition) is 0. The van der Waals surface area contributed by atoms with Gasteiger partial charge in [0.15, 0.2) is 0 Å². The monoisotopic (exact) mass is 430 g/mol. The smallest absolute Gasteiger partial charge is 0.268 e. The molecule has 29 heavy (non-hydrogen) atoms. The molecule has 4 rings (SSSR count). The SMILES string of the molecule is O=c1c2cccn(Cc3ccc(Cl)nc3)c-2nc(=S)n1-c1cccc(C(F)F)c1. The van der Waals surface area contributed by atoms with Gasteiger partial charge in [-0.3, -0.25) is 9.36 Å². The second-order valence-electron chi connectivity index (χ2n) is 6.29. The normalized spacial score (nSPS) is 11.3. The predicted molar refractivity (Wildman–Crippen MR) is 109 cm³/mol. The van der Waals surface area contributed by atoms with Gasteiger partial charge in [-0.2, -0.15) is 0 Å². The first-order valence-electron chi connectivity index (χ1n) is 8.55. The van der Waals surface area contributed by atoms with Crippen LogP contribution >= 0.6 is 23.8 Å². The molecule has 146 valence electrons. The van der Waals surface area contributed by atoms with E-state index in [0.29, 0.717) is 23.1 Å². The van der Waals surface area contributed by atoms with Gasteiger partial charge in [0.1, 0.15) is 11.0 Å². The van der Waals surface area contributed by atoms with E-state index in [9.17, 15) is 13.6 Å². The van der Waals surface area contributed by atoms with Gasteiger partial charge in [-0.15, -0.1) is 0 Å². The fourth-order valence-corrected chi connectivity index (χ4v) is 3.42. The van der Waals surface area contributed by atoms with Crippen LogP contribution in [-0.4, -0.2) is 19.1 Å². The first kappa shape index (κ1) is 19.4. The Kier molecular flexibility index (Phi) is 5.21. The second-order valence-corrected chi connectivity index (χ2v) is 7.05. The van der Waals surface area contributed by atoms with Crippen molar-refractivity contribution in [3.8, 4) is 17.1 Å². The maximum atomic E-state index is 13.1. The van der Waals surface area contributed by atoms with E-state index < -0.39 is 12.0 Å². The Morgan fingerprint density at radius 3 is 2.69 bits per heavy atom. The van der Waals surface area contributed by atoms with Crippen LogP contribution in [0.5, 0.6) is 0 Å². The van der Waals surface area contributed by atoms with Gasteiger partial charge in [-0.25, -0.2) is 18.7 Å². The number of alkyl halides is 2. The number of aromatic nitrogens is 4. The minimum atomic E-state index is -2.65. The Labute approximate surface area is 174 Å². The summed E-state index contributed by atoms with van der Waals surface area (Å²) < 4.78 is 29.0. The third kappa shape index (κ3) is 3.81. The van der Waals surface area contributed by atoms with Crippen molar-refractivity contribution in [2.75, 3.05) is 0 Å². The summed E-state index contributed by atoms with van der Waals surface area (Å²) >= 11 is 11.1. The van der Waals surface area contributed by atoms with Crippen molar-refractivity contribution in [2.24, 2.45) is 0 Å². The molecule has 0 aliphatic carbocycles. The van der Waals surface area contributed by atoms with Crippen molar-refractivity contribution in [3.05, 3.63) is 92.3 Å². The van der Waals surface area contributed by atoms with Crippen molar-refractivity contribution in [1.29, 1.82) is 0 Å². The lowest BCUT2D eigenvalue weighted by molar-refractivity contribution is 0.151. The summed E-state index contributed by atoms with van der Waals surface area (Å²) in [5.41, 5.74) is 0.834. The van der Waals surface area contributed by atoms with Gasteiger partial charge in [0.05, 0.1) is 17.8 Å². The maximum Gasteiger partial charge on any atom is 0.268 e. The fraction of sp³-hybridized carbons (Fsp3) is 0.100. The zero-order valence-corrected chi connectivity index (χ0v) is 16.4. The van der Waals surface area contributed by atoms with Gasteiger partial charge < -0.3 is 4.57 Å². The molecular formula is C20H13ClF2N4OS. The third-order valence-electron chi connectivity index (χ3n) is 4.39. The largest absolute Gasteiger partial charge is 0.328 e. The number of halogens is 3. The molecule has 0 unspecified atom stereocenters. The number of rotatable bonds is 4. The average Bonchev–Trinajstić information content (AvgIpc) is 2.70. The fourth-order valence-electron chi connectivity index (χ4n) is 3.03. The standard InChI is InChI=1S/C20H13ClF2N4OS/c21-16-7-6-12(10-24-16)11-26-8-2-5-15-18(26)25-20(29)27(19(15)28)14-4-1-3-13(9-14)17(22)23/h1-10,17H,11H2. The number of fused-ring (bicyclic) bond motifs is 1. The van der Waals surface area contributed by atoms with Crippen LogP contribution in [0, 0.1) is 4.77 Å². The molecule has 0 N–H and O–H groups in total. The molecular weight excluding hydrogens is 418 g/mol. The second kappa shape index (κ2) is 7.81. The van der Waals surface area contributed by atoms with Crippen molar-refractivity contribution in [2.45, 2.75) is 13.0 Å². The highest BCUT2D eigenvalue weighted by atomic mass is 35.5. The van der Waals surface area contributed by atoms with E-state index in [1.807, 2.05) is 6.07 Å². The Morgan fingerprint density at radius 2 is 1.97 bits per heavy atom. The highest BCUT2D eigenvalue weighted by Gasteiger charge is 2.17. The zero-order chi connectivity index (χ0) is 20.5. The van der Waals surface area contributed by atoms with Crippen LogP contribution in [0.15, 0.2) is 65.7 Å². The number of nitrogens with zero attached hydrogens (tertiary/aromatic N) is 4. The zero-order valence-electron chi connectivity index (χ0n) is 14.8. The van der Waals surface area contributed by atoms with Crippen LogP contribution in [0.25, 0.3) is 17.1 Å². The summed E-state index contributed by atoms with van der Waals surface area (Å²) in [6.07, 6.45) is 0.766. The number of hydrogen-bond acceptors (Lipinski definition) is 4. The summed E-state index contributed by atoms with van der Waals surface area (Å²) in [7, 11) is 0. The van der Waals surface area contributed by atoms with Crippen molar-refractivity contribution in [1.82, 2.24) is 19.1 Å². The lowest BCUT2D eigenvalue weighted by Crippen LogP contribution is -2.25. The van der Waals surface area contributed by atoms with Gasteiger partial charge in [0, 0.05) is 18.0 Å². The average molecular weight is 431 g/mol. The van der Waals surface area contributed by atoms with E-state index in [0.717, 1.165) is 10.1 Å². The molecule has 1 aromatic heterocycles. The minimum Gasteiger partial charge on any atom is -0.328 e. The molecule has 2 aromatic rings. The van der Waals surface area contributed by atoms with Crippen LogP contribution < -0.4 is 5.56 Å². The van der Waals surface area contributed by atoms with E-state index in [1.165, 1.54) is 18.2 Å². The highest BCUT2D eigenvalue weighted by Crippen LogP contribution is 2.22. The molecule has 9 heteroatoms. The Morgan fingerprint density at radius 1 is 1.14 bits per heavy atom. The molecule has 5 nitrogen and oxygen atoms in total. The molecule has 0 saturated heterocycles.